The molecule has 2 aromatic rings. The minimum Gasteiger partial charge on any atom is -0.359 e. The van der Waals surface area contributed by atoms with Crippen LogP contribution in [0.2, 0.25) is 0 Å². The van der Waals surface area contributed by atoms with Gasteiger partial charge < -0.3 is 5.32 Å². The van der Waals surface area contributed by atoms with Crippen LogP contribution in [-0.2, 0) is 0 Å². The Kier molecular flexibility index (Phi) is 3.86. The number of ketones is 1. The monoisotopic (exact) mass is 241 g/mol. The molecule has 1 N–H and O–H groups in total. The van der Waals surface area contributed by atoms with Crippen LogP contribution in [0.3, 0.4) is 0 Å². The van der Waals surface area contributed by atoms with Crippen molar-refractivity contribution in [2.75, 3.05) is 5.32 Å². The largest absolute Gasteiger partial charge is 0.359 e. The summed E-state index contributed by atoms with van der Waals surface area (Å²) >= 11 is 0. The number of rotatable bonds is 4. The van der Waals surface area contributed by atoms with E-state index in [2.05, 4.69) is 5.32 Å². The van der Waals surface area contributed by atoms with Crippen molar-refractivity contribution < 1.29 is 9.18 Å². The van der Waals surface area contributed by atoms with Gasteiger partial charge in [-0.2, -0.15) is 0 Å². The fourth-order valence-corrected chi connectivity index (χ4v) is 1.48. The summed E-state index contributed by atoms with van der Waals surface area (Å²) < 4.78 is 13.3. The number of para-hydroxylation sites is 1. The van der Waals surface area contributed by atoms with E-state index >= 15 is 0 Å². The lowest BCUT2D eigenvalue weighted by atomic mass is 10.1. The number of anilines is 1. The Morgan fingerprint density at radius 3 is 2.39 bits per heavy atom. The number of carbonyl (C=O) groups excluding carboxylic acids is 1. The van der Waals surface area contributed by atoms with Crippen LogP contribution >= 0.6 is 0 Å². The van der Waals surface area contributed by atoms with Gasteiger partial charge in [0.1, 0.15) is 5.82 Å². The van der Waals surface area contributed by atoms with Gasteiger partial charge in [-0.3, -0.25) is 4.79 Å². The van der Waals surface area contributed by atoms with Gasteiger partial charge in [-0.25, -0.2) is 4.39 Å². The van der Waals surface area contributed by atoms with Gasteiger partial charge in [-0.05, 0) is 12.1 Å². The minimum absolute atomic E-state index is 0.126. The summed E-state index contributed by atoms with van der Waals surface area (Å²) in [5.41, 5.74) is 0.943. The molecule has 2 aromatic carbocycles. The Morgan fingerprint density at radius 1 is 1.00 bits per heavy atom. The van der Waals surface area contributed by atoms with Crippen LogP contribution in [0.15, 0.2) is 66.9 Å². The number of carbonyl (C=O) groups is 1. The molecule has 0 spiro atoms. The number of halogens is 1. The molecule has 0 saturated heterocycles. The molecule has 18 heavy (non-hydrogen) atoms. The summed E-state index contributed by atoms with van der Waals surface area (Å²) in [4.78, 5) is 11.7. The molecule has 90 valence electrons. The molecule has 0 aromatic heterocycles. The lowest BCUT2D eigenvalue weighted by Crippen LogP contribution is -1.96. The van der Waals surface area contributed by atoms with Crippen LogP contribution in [0.1, 0.15) is 10.4 Å². The Hall–Kier alpha value is -2.42. The highest BCUT2D eigenvalue weighted by Gasteiger charge is 2.00. The van der Waals surface area contributed by atoms with Crippen molar-refractivity contribution in [1.82, 2.24) is 0 Å². The Labute approximate surface area is 105 Å². The molecule has 2 rings (SSSR count). The fraction of sp³-hybridized carbons (Fsp3) is 0. The lowest BCUT2D eigenvalue weighted by Gasteiger charge is -2.01. The first-order chi connectivity index (χ1) is 8.77. The number of hydrogen-bond acceptors (Lipinski definition) is 2. The molecule has 0 saturated carbocycles. The Balaban J connectivity index is 2.01. The van der Waals surface area contributed by atoms with Gasteiger partial charge in [0, 0.05) is 17.8 Å². The molecule has 0 aliphatic rings. The van der Waals surface area contributed by atoms with E-state index in [1.165, 1.54) is 18.3 Å². The van der Waals surface area contributed by atoms with Gasteiger partial charge in [0.25, 0.3) is 0 Å². The highest BCUT2D eigenvalue weighted by Crippen LogP contribution is 2.12. The summed E-state index contributed by atoms with van der Waals surface area (Å²) in [5.74, 6) is -0.478. The van der Waals surface area contributed by atoms with E-state index in [1.807, 2.05) is 6.07 Å². The second kappa shape index (κ2) is 5.77. The summed E-state index contributed by atoms with van der Waals surface area (Å²) in [6, 6.07) is 15.2. The molecule has 0 aliphatic heterocycles. The van der Waals surface area contributed by atoms with Crippen molar-refractivity contribution in [3.05, 3.63) is 78.3 Å². The zero-order valence-corrected chi connectivity index (χ0v) is 9.64. The van der Waals surface area contributed by atoms with Crippen molar-refractivity contribution in [3.63, 3.8) is 0 Å². The molecule has 0 atom stereocenters. The predicted octanol–water partition coefficient (Wildman–Crippen LogP) is 3.63. The lowest BCUT2D eigenvalue weighted by molar-refractivity contribution is 0.104. The van der Waals surface area contributed by atoms with Gasteiger partial charge in [0.15, 0.2) is 5.78 Å². The summed E-state index contributed by atoms with van der Waals surface area (Å²) in [7, 11) is 0. The topological polar surface area (TPSA) is 29.1 Å². The van der Waals surface area contributed by atoms with E-state index < -0.39 is 0 Å². The standard InChI is InChI=1S/C15H12FNO/c16-13-8-4-5-9-14(13)17-11-10-15(18)12-6-2-1-3-7-12/h1-11,17H/b11-10+. The maximum Gasteiger partial charge on any atom is 0.187 e. The highest BCUT2D eigenvalue weighted by molar-refractivity contribution is 6.04. The quantitative estimate of drug-likeness (QED) is 0.654. The molecule has 0 radical (unpaired) electrons. The molecule has 0 bridgehead atoms. The average Bonchev–Trinajstić information content (AvgIpc) is 2.42. The van der Waals surface area contributed by atoms with E-state index in [0.29, 0.717) is 11.3 Å². The van der Waals surface area contributed by atoms with Crippen LogP contribution in [-0.4, -0.2) is 5.78 Å². The van der Waals surface area contributed by atoms with Crippen LogP contribution in [0.5, 0.6) is 0 Å². The van der Waals surface area contributed by atoms with Gasteiger partial charge in [-0.15, -0.1) is 0 Å². The van der Waals surface area contributed by atoms with Crippen LogP contribution in [0.4, 0.5) is 10.1 Å². The first-order valence-electron chi connectivity index (χ1n) is 5.54. The van der Waals surface area contributed by atoms with E-state index in [-0.39, 0.29) is 11.6 Å². The van der Waals surface area contributed by atoms with E-state index in [4.69, 9.17) is 0 Å². The third-order valence-corrected chi connectivity index (χ3v) is 2.41. The average molecular weight is 241 g/mol. The molecule has 2 nitrogen and oxygen atoms in total. The Morgan fingerprint density at radius 2 is 1.67 bits per heavy atom. The van der Waals surface area contributed by atoms with Gasteiger partial charge in [0.2, 0.25) is 0 Å². The SMILES string of the molecule is O=C(/C=C/Nc1ccccc1F)c1ccccc1. The summed E-state index contributed by atoms with van der Waals surface area (Å²) in [6.07, 6.45) is 2.82. The number of benzene rings is 2. The molecule has 0 fully saturated rings. The van der Waals surface area contributed by atoms with Crippen molar-refractivity contribution in [3.8, 4) is 0 Å². The van der Waals surface area contributed by atoms with E-state index in [9.17, 15) is 9.18 Å². The van der Waals surface area contributed by atoms with Crippen LogP contribution in [0, 0.1) is 5.82 Å². The zero-order chi connectivity index (χ0) is 12.8. The van der Waals surface area contributed by atoms with Crippen LogP contribution < -0.4 is 5.32 Å². The van der Waals surface area contributed by atoms with Gasteiger partial charge in [0.05, 0.1) is 5.69 Å². The molecule has 0 aliphatic carbocycles. The molecule has 3 heteroatoms. The molecule has 0 heterocycles. The molecular weight excluding hydrogens is 229 g/mol. The molecule has 0 unspecified atom stereocenters. The Bertz CT molecular complexity index is 564. The predicted molar refractivity (Wildman–Crippen MR) is 69.9 cm³/mol. The number of nitrogens with one attached hydrogen (secondary N) is 1. The first kappa shape index (κ1) is 12.0. The summed E-state index contributed by atoms with van der Waals surface area (Å²) in [6.45, 7) is 0. The molecular formula is C15H12FNO. The first-order valence-corrected chi connectivity index (χ1v) is 5.54. The highest BCUT2D eigenvalue weighted by atomic mass is 19.1. The number of allylic oxidation sites excluding steroid dienone is 1. The van der Waals surface area contributed by atoms with Gasteiger partial charge >= 0.3 is 0 Å². The smallest absolute Gasteiger partial charge is 0.187 e. The normalized spacial score (nSPS) is 10.5. The van der Waals surface area contributed by atoms with Gasteiger partial charge in [-0.1, -0.05) is 42.5 Å². The number of hydrogen-bond donors (Lipinski definition) is 1. The maximum atomic E-state index is 13.3. The van der Waals surface area contributed by atoms with E-state index in [1.54, 1.807) is 42.5 Å². The third-order valence-electron chi connectivity index (χ3n) is 2.41. The minimum atomic E-state index is -0.352. The molecule has 0 amide bonds. The second-order valence-electron chi connectivity index (χ2n) is 3.69. The van der Waals surface area contributed by atoms with Crippen molar-refractivity contribution in [2.24, 2.45) is 0 Å². The van der Waals surface area contributed by atoms with Crippen molar-refractivity contribution in [2.45, 2.75) is 0 Å². The van der Waals surface area contributed by atoms with Crippen LogP contribution in [0.25, 0.3) is 0 Å². The zero-order valence-electron chi connectivity index (χ0n) is 9.64. The second-order valence-corrected chi connectivity index (χ2v) is 3.69. The van der Waals surface area contributed by atoms with Crippen molar-refractivity contribution >= 4 is 11.5 Å². The maximum absolute atomic E-state index is 13.3. The third kappa shape index (κ3) is 3.04. The van der Waals surface area contributed by atoms with E-state index in [0.717, 1.165) is 0 Å². The fourth-order valence-electron chi connectivity index (χ4n) is 1.48. The summed E-state index contributed by atoms with van der Waals surface area (Å²) in [5, 5.41) is 2.74. The van der Waals surface area contributed by atoms with Crippen molar-refractivity contribution in [1.29, 1.82) is 0 Å².